The molecule has 0 saturated carbocycles. The predicted molar refractivity (Wildman–Crippen MR) is 83.5 cm³/mol. The third-order valence-corrected chi connectivity index (χ3v) is 3.86. The maximum absolute atomic E-state index is 12.1. The second-order valence-electron chi connectivity index (χ2n) is 4.91. The van der Waals surface area contributed by atoms with Gasteiger partial charge in [0.15, 0.2) is 0 Å². The predicted octanol–water partition coefficient (Wildman–Crippen LogP) is 2.42. The highest BCUT2D eigenvalue weighted by Crippen LogP contribution is 2.24. The molecule has 2 N–H and O–H groups in total. The lowest BCUT2D eigenvalue weighted by Gasteiger charge is -2.29. The number of nitrogens with zero attached hydrogens (tertiary/aromatic N) is 1. The lowest BCUT2D eigenvalue weighted by molar-refractivity contribution is -0.127. The largest absolute Gasteiger partial charge is 0.496 e. The smallest absolute Gasteiger partial charge is 0.246 e. The molecule has 0 aliphatic carbocycles. The molecule has 0 bridgehead atoms. The summed E-state index contributed by atoms with van der Waals surface area (Å²) in [5.74, 6) is 0.745. The Labute approximate surface area is 127 Å². The number of carbonyl (C=O) groups is 1. The number of methoxy groups -OCH3 is 1. The van der Waals surface area contributed by atoms with Gasteiger partial charge >= 0.3 is 0 Å². The minimum absolute atomic E-state index is 0.00202. The van der Waals surface area contributed by atoms with E-state index in [0.29, 0.717) is 6.54 Å². The second kappa shape index (κ2) is 6.90. The van der Waals surface area contributed by atoms with Crippen LogP contribution in [0.5, 0.6) is 5.75 Å². The van der Waals surface area contributed by atoms with Crippen molar-refractivity contribution >= 4 is 27.9 Å². The van der Waals surface area contributed by atoms with Crippen molar-refractivity contribution in [3.8, 4) is 5.75 Å². The van der Waals surface area contributed by atoms with Crippen molar-refractivity contribution in [1.29, 1.82) is 0 Å². The van der Waals surface area contributed by atoms with Gasteiger partial charge in [-0.05, 0) is 37.1 Å². The van der Waals surface area contributed by atoms with Crippen LogP contribution in [-0.4, -0.2) is 37.0 Å². The summed E-state index contributed by atoms with van der Waals surface area (Å²) in [4.78, 5) is 13.9. The minimum Gasteiger partial charge on any atom is -0.496 e. The summed E-state index contributed by atoms with van der Waals surface area (Å²) >= 11 is 3.42. The highest BCUT2D eigenvalue weighted by atomic mass is 79.9. The van der Waals surface area contributed by atoms with Crippen molar-refractivity contribution in [3.63, 3.8) is 0 Å². The zero-order chi connectivity index (χ0) is 14.5. The van der Waals surface area contributed by atoms with E-state index in [2.05, 4.69) is 15.9 Å². The average Bonchev–Trinajstić information content (AvgIpc) is 2.45. The number of amides is 1. The lowest BCUT2D eigenvalue weighted by atomic mass is 10.1. The molecule has 0 spiro atoms. The van der Waals surface area contributed by atoms with Crippen LogP contribution in [0.1, 0.15) is 18.4 Å². The first-order valence-electron chi connectivity index (χ1n) is 6.66. The van der Waals surface area contributed by atoms with Crippen molar-refractivity contribution in [2.24, 2.45) is 5.73 Å². The summed E-state index contributed by atoms with van der Waals surface area (Å²) in [6.07, 6.45) is 5.34. The molecule has 1 aromatic carbocycles. The van der Waals surface area contributed by atoms with Gasteiger partial charge in [-0.15, -0.1) is 0 Å². The SMILES string of the molecule is COc1ccc(Br)cc1/C=C/C(=O)N1CCCC(N)C1. The molecular weight excluding hydrogens is 320 g/mol. The Morgan fingerprint density at radius 3 is 3.05 bits per heavy atom. The lowest BCUT2D eigenvalue weighted by Crippen LogP contribution is -2.45. The molecule has 1 aliphatic rings. The monoisotopic (exact) mass is 338 g/mol. The summed E-state index contributed by atoms with van der Waals surface area (Å²) in [5, 5.41) is 0. The fourth-order valence-corrected chi connectivity index (χ4v) is 2.69. The molecule has 1 saturated heterocycles. The van der Waals surface area contributed by atoms with Crippen LogP contribution >= 0.6 is 15.9 Å². The molecule has 1 unspecified atom stereocenters. The molecule has 1 aromatic rings. The Morgan fingerprint density at radius 1 is 1.55 bits per heavy atom. The number of ether oxygens (including phenoxy) is 1. The van der Waals surface area contributed by atoms with Gasteiger partial charge in [-0.2, -0.15) is 0 Å². The summed E-state index contributed by atoms with van der Waals surface area (Å²) in [6.45, 7) is 1.42. The van der Waals surface area contributed by atoms with Crippen LogP contribution in [0.25, 0.3) is 6.08 Å². The van der Waals surface area contributed by atoms with Gasteiger partial charge in [0.25, 0.3) is 0 Å². The van der Waals surface area contributed by atoms with Crippen LogP contribution in [0, 0.1) is 0 Å². The Bertz CT molecular complexity index is 517. The first kappa shape index (κ1) is 15.1. The highest BCUT2D eigenvalue weighted by molar-refractivity contribution is 9.10. The zero-order valence-corrected chi connectivity index (χ0v) is 13.1. The van der Waals surface area contributed by atoms with Crippen molar-refractivity contribution in [3.05, 3.63) is 34.3 Å². The van der Waals surface area contributed by atoms with Crippen LogP contribution in [-0.2, 0) is 4.79 Å². The third kappa shape index (κ3) is 3.84. The van der Waals surface area contributed by atoms with Crippen molar-refractivity contribution in [2.45, 2.75) is 18.9 Å². The van der Waals surface area contributed by atoms with E-state index < -0.39 is 0 Å². The van der Waals surface area contributed by atoms with E-state index in [0.717, 1.165) is 35.2 Å². The number of rotatable bonds is 3. The number of piperidine rings is 1. The Hall–Kier alpha value is -1.33. The van der Waals surface area contributed by atoms with Gasteiger partial charge in [-0.3, -0.25) is 4.79 Å². The maximum Gasteiger partial charge on any atom is 0.246 e. The molecule has 2 rings (SSSR count). The average molecular weight is 339 g/mol. The Morgan fingerprint density at radius 2 is 2.35 bits per heavy atom. The fourth-order valence-electron chi connectivity index (χ4n) is 2.31. The molecule has 1 amide bonds. The number of halogens is 1. The Balaban J connectivity index is 2.08. The number of likely N-dealkylation sites (tertiary alicyclic amines) is 1. The molecule has 108 valence electrons. The van der Waals surface area contributed by atoms with Crippen LogP contribution < -0.4 is 10.5 Å². The summed E-state index contributed by atoms with van der Waals surface area (Å²) in [5.41, 5.74) is 6.76. The maximum atomic E-state index is 12.1. The molecule has 1 heterocycles. The number of carbonyl (C=O) groups excluding carboxylic acids is 1. The normalized spacial score (nSPS) is 19.4. The first-order chi connectivity index (χ1) is 9.60. The molecule has 1 atom stereocenters. The van der Waals surface area contributed by atoms with E-state index >= 15 is 0 Å². The van der Waals surface area contributed by atoms with Gasteiger partial charge in [0.2, 0.25) is 5.91 Å². The van der Waals surface area contributed by atoms with E-state index in [1.54, 1.807) is 24.2 Å². The van der Waals surface area contributed by atoms with Crippen LogP contribution in [0.3, 0.4) is 0 Å². The quantitative estimate of drug-likeness (QED) is 0.861. The molecule has 4 nitrogen and oxygen atoms in total. The number of nitrogens with two attached hydrogens (primary N) is 1. The molecule has 0 aromatic heterocycles. The number of benzene rings is 1. The van der Waals surface area contributed by atoms with Gasteiger partial charge in [-0.1, -0.05) is 15.9 Å². The molecular formula is C15H19BrN2O2. The van der Waals surface area contributed by atoms with Gasteiger partial charge < -0.3 is 15.4 Å². The van der Waals surface area contributed by atoms with Gasteiger partial charge in [0, 0.05) is 35.2 Å². The van der Waals surface area contributed by atoms with Crippen molar-refractivity contribution < 1.29 is 9.53 Å². The van der Waals surface area contributed by atoms with Crippen molar-refractivity contribution in [2.75, 3.05) is 20.2 Å². The van der Waals surface area contributed by atoms with E-state index in [9.17, 15) is 4.79 Å². The molecule has 1 aliphatic heterocycles. The van der Waals surface area contributed by atoms with Gasteiger partial charge in [0.05, 0.1) is 7.11 Å². The molecule has 5 heteroatoms. The van der Waals surface area contributed by atoms with Crippen LogP contribution in [0.15, 0.2) is 28.7 Å². The van der Waals surface area contributed by atoms with Crippen LogP contribution in [0.2, 0.25) is 0 Å². The van der Waals surface area contributed by atoms with Gasteiger partial charge in [0.1, 0.15) is 5.75 Å². The van der Waals surface area contributed by atoms with Crippen LogP contribution in [0.4, 0.5) is 0 Å². The van der Waals surface area contributed by atoms with E-state index in [-0.39, 0.29) is 11.9 Å². The second-order valence-corrected chi connectivity index (χ2v) is 5.82. The highest BCUT2D eigenvalue weighted by Gasteiger charge is 2.19. The van der Waals surface area contributed by atoms with E-state index in [1.807, 2.05) is 18.2 Å². The van der Waals surface area contributed by atoms with Gasteiger partial charge in [-0.25, -0.2) is 0 Å². The minimum atomic E-state index is 0.00202. The summed E-state index contributed by atoms with van der Waals surface area (Å²) in [6, 6.07) is 5.79. The van der Waals surface area contributed by atoms with E-state index in [1.165, 1.54) is 0 Å². The molecule has 1 fully saturated rings. The third-order valence-electron chi connectivity index (χ3n) is 3.37. The zero-order valence-electron chi connectivity index (χ0n) is 11.5. The molecule has 0 radical (unpaired) electrons. The fraction of sp³-hybridized carbons (Fsp3) is 0.400. The number of hydrogen-bond acceptors (Lipinski definition) is 3. The summed E-state index contributed by atoms with van der Waals surface area (Å²) < 4.78 is 6.23. The summed E-state index contributed by atoms with van der Waals surface area (Å²) in [7, 11) is 1.62. The Kier molecular flexibility index (Phi) is 5.20. The van der Waals surface area contributed by atoms with E-state index in [4.69, 9.17) is 10.5 Å². The standard InChI is InChI=1S/C15H19BrN2O2/c1-20-14-6-5-12(16)9-11(14)4-7-15(19)18-8-2-3-13(17)10-18/h4-7,9,13H,2-3,8,10,17H2,1H3/b7-4+. The van der Waals surface area contributed by atoms with Crippen molar-refractivity contribution in [1.82, 2.24) is 4.90 Å². The topological polar surface area (TPSA) is 55.6 Å². The number of hydrogen-bond donors (Lipinski definition) is 1. The molecule has 20 heavy (non-hydrogen) atoms. The first-order valence-corrected chi connectivity index (χ1v) is 7.45.